The highest BCUT2D eigenvalue weighted by molar-refractivity contribution is 7.06. The van der Waals surface area contributed by atoms with Crippen LogP contribution in [0.15, 0.2) is 6.07 Å². The Morgan fingerprint density at radius 3 is 2.80 bits per heavy atom. The minimum Gasteiger partial charge on any atom is -0.480 e. The Labute approximate surface area is 64.0 Å². The van der Waals surface area contributed by atoms with Crippen LogP contribution in [0.5, 0.6) is 5.88 Å². The molecule has 1 heterocycles. The van der Waals surface area contributed by atoms with E-state index >= 15 is 0 Å². The maximum absolute atomic E-state index is 5.60. The van der Waals surface area contributed by atoms with Crippen LogP contribution in [0, 0.1) is 0 Å². The van der Waals surface area contributed by atoms with Gasteiger partial charge in [-0.3, -0.25) is 0 Å². The molecule has 2 N–H and O–H groups in total. The number of nitrogens with zero attached hydrogens (tertiary/aromatic N) is 1. The van der Waals surface area contributed by atoms with E-state index in [1.165, 1.54) is 11.5 Å². The minimum atomic E-state index is 0.0569. The predicted octanol–water partition coefficient (Wildman–Crippen LogP) is 1.17. The molecule has 4 heteroatoms. The van der Waals surface area contributed by atoms with Crippen LogP contribution < -0.4 is 10.5 Å². The van der Waals surface area contributed by atoms with E-state index in [0.717, 1.165) is 4.88 Å². The molecular weight excluding hydrogens is 148 g/mol. The topological polar surface area (TPSA) is 48.1 Å². The van der Waals surface area contributed by atoms with Crippen LogP contribution in [0.1, 0.15) is 17.8 Å². The summed E-state index contributed by atoms with van der Waals surface area (Å²) in [7, 11) is 1.60. The van der Waals surface area contributed by atoms with Crippen molar-refractivity contribution < 1.29 is 4.74 Å². The van der Waals surface area contributed by atoms with Gasteiger partial charge in [-0.15, -0.1) is 0 Å². The molecule has 3 nitrogen and oxygen atoms in total. The maximum Gasteiger partial charge on any atom is 0.225 e. The Morgan fingerprint density at radius 2 is 2.50 bits per heavy atom. The lowest BCUT2D eigenvalue weighted by Crippen LogP contribution is -2.01. The summed E-state index contributed by atoms with van der Waals surface area (Å²) in [5.41, 5.74) is 5.60. The summed E-state index contributed by atoms with van der Waals surface area (Å²) < 4.78 is 8.88. The summed E-state index contributed by atoms with van der Waals surface area (Å²) in [6, 6.07) is 1.91. The van der Waals surface area contributed by atoms with E-state index in [-0.39, 0.29) is 6.04 Å². The maximum atomic E-state index is 5.60. The van der Waals surface area contributed by atoms with Gasteiger partial charge in [-0.1, -0.05) is 0 Å². The third-order valence-corrected chi connectivity index (χ3v) is 2.14. The fraction of sp³-hybridized carbons (Fsp3) is 0.500. The van der Waals surface area contributed by atoms with E-state index < -0.39 is 0 Å². The number of methoxy groups -OCH3 is 1. The minimum absolute atomic E-state index is 0.0569. The van der Waals surface area contributed by atoms with Crippen molar-refractivity contribution in [2.24, 2.45) is 5.73 Å². The Bertz CT molecular complexity index is 209. The van der Waals surface area contributed by atoms with Crippen LogP contribution in [-0.2, 0) is 0 Å². The van der Waals surface area contributed by atoms with E-state index in [9.17, 15) is 0 Å². The van der Waals surface area contributed by atoms with Crippen molar-refractivity contribution in [3.8, 4) is 5.88 Å². The van der Waals surface area contributed by atoms with Crippen molar-refractivity contribution in [2.75, 3.05) is 7.11 Å². The zero-order chi connectivity index (χ0) is 7.56. The number of aromatic nitrogens is 1. The average molecular weight is 158 g/mol. The predicted molar refractivity (Wildman–Crippen MR) is 41.3 cm³/mol. The summed E-state index contributed by atoms with van der Waals surface area (Å²) in [5, 5.41) is 0. The van der Waals surface area contributed by atoms with Gasteiger partial charge in [0.1, 0.15) is 0 Å². The first kappa shape index (κ1) is 7.50. The lowest BCUT2D eigenvalue weighted by molar-refractivity contribution is 0.402. The fourth-order valence-electron chi connectivity index (χ4n) is 0.583. The van der Waals surface area contributed by atoms with Crippen LogP contribution in [0.4, 0.5) is 0 Å². The van der Waals surface area contributed by atoms with Gasteiger partial charge in [0.25, 0.3) is 0 Å². The summed E-state index contributed by atoms with van der Waals surface area (Å²) in [4.78, 5) is 1.05. The van der Waals surface area contributed by atoms with Crippen molar-refractivity contribution >= 4 is 11.5 Å². The first-order chi connectivity index (χ1) is 4.74. The van der Waals surface area contributed by atoms with Crippen LogP contribution in [0.2, 0.25) is 0 Å². The average Bonchev–Trinajstić information content (AvgIpc) is 2.34. The Hall–Kier alpha value is -0.610. The quantitative estimate of drug-likeness (QED) is 0.702. The smallest absolute Gasteiger partial charge is 0.225 e. The molecule has 0 aliphatic heterocycles. The molecule has 1 aromatic heterocycles. The molecule has 0 radical (unpaired) electrons. The highest BCUT2D eigenvalue weighted by Crippen LogP contribution is 2.20. The van der Waals surface area contributed by atoms with E-state index in [2.05, 4.69) is 4.37 Å². The van der Waals surface area contributed by atoms with Gasteiger partial charge in [-0.25, -0.2) is 0 Å². The number of ether oxygens (including phenoxy) is 1. The van der Waals surface area contributed by atoms with Gasteiger partial charge in [-0.05, 0) is 18.5 Å². The van der Waals surface area contributed by atoms with E-state index in [1.807, 2.05) is 13.0 Å². The summed E-state index contributed by atoms with van der Waals surface area (Å²) in [5.74, 6) is 0.650. The molecule has 0 spiro atoms. The molecule has 0 saturated carbocycles. The molecule has 0 aliphatic carbocycles. The molecule has 10 heavy (non-hydrogen) atoms. The highest BCUT2D eigenvalue weighted by Gasteiger charge is 2.04. The van der Waals surface area contributed by atoms with Gasteiger partial charge in [0.05, 0.1) is 7.11 Å². The first-order valence-corrected chi connectivity index (χ1v) is 3.77. The third-order valence-electron chi connectivity index (χ3n) is 1.16. The second-order valence-electron chi connectivity index (χ2n) is 2.06. The zero-order valence-electron chi connectivity index (χ0n) is 6.00. The van der Waals surface area contributed by atoms with Crippen molar-refractivity contribution in [3.05, 3.63) is 10.9 Å². The largest absolute Gasteiger partial charge is 0.480 e. The molecule has 0 fully saturated rings. The Morgan fingerprint density at radius 1 is 1.80 bits per heavy atom. The number of hydrogen-bond donors (Lipinski definition) is 1. The van der Waals surface area contributed by atoms with Gasteiger partial charge in [-0.2, -0.15) is 4.37 Å². The molecule has 56 valence electrons. The molecular formula is C6H10N2OS. The van der Waals surface area contributed by atoms with E-state index in [4.69, 9.17) is 10.5 Å². The van der Waals surface area contributed by atoms with Gasteiger partial charge in [0.2, 0.25) is 5.88 Å². The van der Waals surface area contributed by atoms with Crippen molar-refractivity contribution in [1.29, 1.82) is 0 Å². The van der Waals surface area contributed by atoms with Gasteiger partial charge in [0.15, 0.2) is 0 Å². The number of hydrogen-bond acceptors (Lipinski definition) is 4. The summed E-state index contributed by atoms with van der Waals surface area (Å²) >= 11 is 1.38. The normalized spacial score (nSPS) is 13.1. The molecule has 0 amide bonds. The lowest BCUT2D eigenvalue weighted by atomic mass is 10.3. The monoisotopic (exact) mass is 158 g/mol. The molecule has 0 aromatic carbocycles. The second-order valence-corrected chi connectivity index (χ2v) is 2.90. The summed E-state index contributed by atoms with van der Waals surface area (Å²) in [6.07, 6.45) is 0. The van der Waals surface area contributed by atoms with Gasteiger partial charge < -0.3 is 10.5 Å². The third kappa shape index (κ3) is 1.46. The summed E-state index contributed by atoms with van der Waals surface area (Å²) in [6.45, 7) is 1.92. The molecule has 0 aliphatic rings. The van der Waals surface area contributed by atoms with Gasteiger partial charge >= 0.3 is 0 Å². The molecule has 1 aromatic rings. The fourth-order valence-corrected chi connectivity index (χ4v) is 1.23. The zero-order valence-corrected chi connectivity index (χ0v) is 6.81. The van der Waals surface area contributed by atoms with E-state index in [1.54, 1.807) is 7.11 Å². The Balaban J connectivity index is 2.78. The van der Waals surface area contributed by atoms with Crippen molar-refractivity contribution in [2.45, 2.75) is 13.0 Å². The van der Waals surface area contributed by atoms with Crippen molar-refractivity contribution in [3.63, 3.8) is 0 Å². The Kier molecular flexibility index (Phi) is 2.24. The first-order valence-electron chi connectivity index (χ1n) is 3.00. The van der Waals surface area contributed by atoms with Crippen LogP contribution in [0.3, 0.4) is 0 Å². The highest BCUT2D eigenvalue weighted by atomic mass is 32.1. The van der Waals surface area contributed by atoms with Gasteiger partial charge in [0, 0.05) is 17.0 Å². The van der Waals surface area contributed by atoms with Crippen LogP contribution in [0.25, 0.3) is 0 Å². The lowest BCUT2D eigenvalue weighted by Gasteiger charge is -1.95. The van der Waals surface area contributed by atoms with Crippen LogP contribution in [-0.4, -0.2) is 11.5 Å². The molecule has 0 saturated heterocycles. The molecule has 1 unspecified atom stereocenters. The molecule has 0 bridgehead atoms. The molecule has 1 rings (SSSR count). The SMILES string of the molecule is COc1cc(C(C)N)sn1. The van der Waals surface area contributed by atoms with E-state index in [0.29, 0.717) is 5.88 Å². The number of rotatable bonds is 2. The standard InChI is InChI=1S/C6H10N2OS/c1-4(7)5-3-6(9-2)8-10-5/h3-4H,7H2,1-2H3. The number of nitrogens with two attached hydrogens (primary N) is 1. The second kappa shape index (κ2) is 2.98. The molecule has 1 atom stereocenters. The van der Waals surface area contributed by atoms with Crippen molar-refractivity contribution in [1.82, 2.24) is 4.37 Å². The van der Waals surface area contributed by atoms with Crippen LogP contribution >= 0.6 is 11.5 Å².